The molecule has 2 rings (SSSR count). The molecule has 4 heteroatoms. The standard InChI is InChI=1S/C15H30N2O2/c1-4-8-16-13-7-5-6-12(13)9-17-10-14(18-2)15(11-17)19-3/h12-16H,4-11H2,1-3H3. The van der Waals surface area contributed by atoms with Crippen molar-refractivity contribution < 1.29 is 9.47 Å². The van der Waals surface area contributed by atoms with Crippen LogP contribution in [0.5, 0.6) is 0 Å². The highest BCUT2D eigenvalue weighted by atomic mass is 16.5. The highest BCUT2D eigenvalue weighted by Gasteiger charge is 2.36. The molecule has 0 spiro atoms. The maximum absolute atomic E-state index is 5.52. The topological polar surface area (TPSA) is 33.7 Å². The molecule has 0 amide bonds. The van der Waals surface area contributed by atoms with Crippen LogP contribution >= 0.6 is 0 Å². The van der Waals surface area contributed by atoms with Gasteiger partial charge in [0.1, 0.15) is 0 Å². The summed E-state index contributed by atoms with van der Waals surface area (Å²) >= 11 is 0. The van der Waals surface area contributed by atoms with Gasteiger partial charge >= 0.3 is 0 Å². The summed E-state index contributed by atoms with van der Waals surface area (Å²) < 4.78 is 11.0. The third kappa shape index (κ3) is 3.91. The Morgan fingerprint density at radius 3 is 2.37 bits per heavy atom. The van der Waals surface area contributed by atoms with Gasteiger partial charge in [0.05, 0.1) is 12.2 Å². The van der Waals surface area contributed by atoms with E-state index >= 15 is 0 Å². The SMILES string of the molecule is CCCNC1CCCC1CN1CC(OC)C(OC)C1. The molecular weight excluding hydrogens is 240 g/mol. The van der Waals surface area contributed by atoms with Gasteiger partial charge in [0.15, 0.2) is 0 Å². The molecule has 0 aromatic heterocycles. The Balaban J connectivity index is 1.80. The van der Waals surface area contributed by atoms with Crippen LogP contribution in [0, 0.1) is 5.92 Å². The van der Waals surface area contributed by atoms with Crippen molar-refractivity contribution in [3.8, 4) is 0 Å². The maximum Gasteiger partial charge on any atom is 0.0971 e. The number of rotatable bonds is 7. The first-order valence-corrected chi connectivity index (χ1v) is 7.79. The Kier molecular flexibility index (Phi) is 6.07. The first-order valence-electron chi connectivity index (χ1n) is 7.79. The fraction of sp³-hybridized carbons (Fsp3) is 1.00. The van der Waals surface area contributed by atoms with Crippen molar-refractivity contribution in [2.24, 2.45) is 5.92 Å². The van der Waals surface area contributed by atoms with Gasteiger partial charge in [-0.15, -0.1) is 0 Å². The first-order chi connectivity index (χ1) is 9.28. The third-order valence-corrected chi connectivity index (χ3v) is 4.70. The van der Waals surface area contributed by atoms with Crippen molar-refractivity contribution in [2.75, 3.05) is 40.4 Å². The van der Waals surface area contributed by atoms with Crippen LogP contribution in [0.3, 0.4) is 0 Å². The maximum atomic E-state index is 5.52. The van der Waals surface area contributed by atoms with Crippen LogP contribution in [0.25, 0.3) is 0 Å². The van der Waals surface area contributed by atoms with Crippen molar-refractivity contribution in [3.05, 3.63) is 0 Å². The predicted molar refractivity (Wildman–Crippen MR) is 77.5 cm³/mol. The van der Waals surface area contributed by atoms with E-state index < -0.39 is 0 Å². The van der Waals surface area contributed by atoms with Gasteiger partial charge < -0.3 is 14.8 Å². The van der Waals surface area contributed by atoms with Crippen molar-refractivity contribution in [2.45, 2.75) is 50.9 Å². The number of nitrogens with one attached hydrogen (secondary N) is 1. The summed E-state index contributed by atoms with van der Waals surface area (Å²) in [4.78, 5) is 2.53. The van der Waals surface area contributed by atoms with E-state index in [-0.39, 0.29) is 12.2 Å². The molecule has 0 aromatic carbocycles. The third-order valence-electron chi connectivity index (χ3n) is 4.70. The van der Waals surface area contributed by atoms with E-state index in [1.807, 2.05) is 0 Å². The van der Waals surface area contributed by atoms with Gasteiger partial charge in [-0.2, -0.15) is 0 Å². The van der Waals surface area contributed by atoms with Crippen LogP contribution in [0.15, 0.2) is 0 Å². The van der Waals surface area contributed by atoms with Crippen LogP contribution < -0.4 is 5.32 Å². The van der Waals surface area contributed by atoms with Crippen LogP contribution in [0.4, 0.5) is 0 Å². The Bertz CT molecular complexity index is 251. The number of methoxy groups -OCH3 is 2. The molecule has 1 aliphatic heterocycles. The normalized spacial score (nSPS) is 36.2. The molecule has 1 aliphatic carbocycles. The van der Waals surface area contributed by atoms with E-state index in [2.05, 4.69) is 17.1 Å². The monoisotopic (exact) mass is 270 g/mol. The summed E-state index contributed by atoms with van der Waals surface area (Å²) in [6.45, 7) is 6.63. The average molecular weight is 270 g/mol. The van der Waals surface area contributed by atoms with Gasteiger partial charge in [-0.25, -0.2) is 0 Å². The summed E-state index contributed by atoms with van der Waals surface area (Å²) in [6.07, 6.45) is 5.81. The number of likely N-dealkylation sites (tertiary alicyclic amines) is 1. The average Bonchev–Trinajstić information content (AvgIpc) is 3.03. The minimum Gasteiger partial charge on any atom is -0.377 e. The van der Waals surface area contributed by atoms with E-state index in [9.17, 15) is 0 Å². The zero-order chi connectivity index (χ0) is 13.7. The summed E-state index contributed by atoms with van der Waals surface area (Å²) in [6, 6.07) is 0.725. The minimum absolute atomic E-state index is 0.244. The van der Waals surface area contributed by atoms with Gasteiger partial charge in [-0.1, -0.05) is 13.3 Å². The van der Waals surface area contributed by atoms with Gasteiger partial charge in [-0.3, -0.25) is 4.90 Å². The molecular formula is C15H30N2O2. The van der Waals surface area contributed by atoms with Crippen LogP contribution in [0.2, 0.25) is 0 Å². The van der Waals surface area contributed by atoms with Gasteiger partial charge in [0, 0.05) is 39.9 Å². The van der Waals surface area contributed by atoms with Gasteiger partial charge in [-0.05, 0) is 31.7 Å². The molecule has 1 N–H and O–H groups in total. The van der Waals surface area contributed by atoms with E-state index in [1.54, 1.807) is 14.2 Å². The number of hydrogen-bond donors (Lipinski definition) is 1. The lowest BCUT2D eigenvalue weighted by atomic mass is 10.0. The zero-order valence-corrected chi connectivity index (χ0v) is 12.7. The second-order valence-corrected chi connectivity index (χ2v) is 6.02. The second-order valence-electron chi connectivity index (χ2n) is 6.02. The molecule has 4 atom stereocenters. The summed E-state index contributed by atoms with van der Waals surface area (Å²) in [7, 11) is 3.59. The fourth-order valence-corrected chi connectivity index (χ4v) is 3.61. The first kappa shape index (κ1) is 15.2. The van der Waals surface area contributed by atoms with Gasteiger partial charge in [0.2, 0.25) is 0 Å². The summed E-state index contributed by atoms with van der Waals surface area (Å²) in [5.41, 5.74) is 0. The Labute approximate surface area is 117 Å². The number of nitrogens with zero attached hydrogens (tertiary/aromatic N) is 1. The molecule has 1 saturated heterocycles. The van der Waals surface area contributed by atoms with Gasteiger partial charge in [0.25, 0.3) is 0 Å². The highest BCUT2D eigenvalue weighted by molar-refractivity contribution is 4.90. The summed E-state index contributed by atoms with van der Waals surface area (Å²) in [5.74, 6) is 0.805. The largest absolute Gasteiger partial charge is 0.377 e. The molecule has 4 unspecified atom stereocenters. The van der Waals surface area contributed by atoms with E-state index in [4.69, 9.17) is 9.47 Å². The molecule has 2 fully saturated rings. The lowest BCUT2D eigenvalue weighted by Crippen LogP contribution is -2.39. The van der Waals surface area contributed by atoms with Crippen molar-refractivity contribution in [1.82, 2.24) is 10.2 Å². The Morgan fingerprint density at radius 1 is 1.11 bits per heavy atom. The molecule has 0 bridgehead atoms. The van der Waals surface area contributed by atoms with Crippen LogP contribution in [-0.2, 0) is 9.47 Å². The van der Waals surface area contributed by atoms with Crippen molar-refractivity contribution in [1.29, 1.82) is 0 Å². The highest BCUT2D eigenvalue weighted by Crippen LogP contribution is 2.28. The zero-order valence-electron chi connectivity index (χ0n) is 12.7. The quantitative estimate of drug-likeness (QED) is 0.760. The van der Waals surface area contributed by atoms with Crippen molar-refractivity contribution >= 4 is 0 Å². The number of ether oxygens (including phenoxy) is 2. The van der Waals surface area contributed by atoms with Crippen molar-refractivity contribution in [3.63, 3.8) is 0 Å². The predicted octanol–water partition coefficient (Wildman–Crippen LogP) is 1.50. The molecule has 2 aliphatic rings. The second kappa shape index (κ2) is 7.58. The molecule has 112 valence electrons. The lowest BCUT2D eigenvalue weighted by molar-refractivity contribution is -0.00461. The van der Waals surface area contributed by atoms with E-state index in [1.165, 1.54) is 32.2 Å². The Hall–Kier alpha value is -0.160. The lowest BCUT2D eigenvalue weighted by Gasteiger charge is -2.26. The summed E-state index contributed by atoms with van der Waals surface area (Å²) in [5, 5.41) is 3.72. The smallest absolute Gasteiger partial charge is 0.0971 e. The molecule has 0 aromatic rings. The van der Waals surface area contributed by atoms with E-state index in [0.29, 0.717) is 0 Å². The minimum atomic E-state index is 0.244. The van der Waals surface area contributed by atoms with Crippen LogP contribution in [-0.4, -0.2) is 63.5 Å². The molecule has 0 radical (unpaired) electrons. The molecule has 1 saturated carbocycles. The fourth-order valence-electron chi connectivity index (χ4n) is 3.61. The molecule has 4 nitrogen and oxygen atoms in total. The molecule has 19 heavy (non-hydrogen) atoms. The van der Waals surface area contributed by atoms with Crippen LogP contribution in [0.1, 0.15) is 32.6 Å². The van der Waals surface area contributed by atoms with E-state index in [0.717, 1.165) is 31.6 Å². The molecule has 1 heterocycles. The Morgan fingerprint density at radius 2 is 1.79 bits per heavy atom. The number of hydrogen-bond acceptors (Lipinski definition) is 4.